The quantitative estimate of drug-likeness (QED) is 0.237. The first-order chi connectivity index (χ1) is 13.3. The zero-order valence-corrected chi connectivity index (χ0v) is 18.8. The van der Waals surface area contributed by atoms with Gasteiger partial charge in [0.05, 0.1) is 26.4 Å². The highest BCUT2D eigenvalue weighted by Gasteiger charge is 2.24. The summed E-state index contributed by atoms with van der Waals surface area (Å²) in [6, 6.07) is 5.60. The summed E-state index contributed by atoms with van der Waals surface area (Å²) in [6.45, 7) is 5.48. The summed E-state index contributed by atoms with van der Waals surface area (Å²) < 4.78 is 27.1. The van der Waals surface area contributed by atoms with Crippen LogP contribution in [0.2, 0.25) is 0 Å². The first kappa shape index (κ1) is 22.8. The smallest absolute Gasteiger partial charge is 0.231 e. The van der Waals surface area contributed by atoms with Crippen LogP contribution in [-0.4, -0.2) is 77.9 Å². The predicted molar refractivity (Wildman–Crippen MR) is 117 cm³/mol. The van der Waals surface area contributed by atoms with Gasteiger partial charge in [0.1, 0.15) is 12.4 Å². The summed E-state index contributed by atoms with van der Waals surface area (Å²) in [4.78, 5) is 6.65. The van der Waals surface area contributed by atoms with Gasteiger partial charge in [0, 0.05) is 39.2 Å². The largest absolute Gasteiger partial charge is 0.492 e. The fourth-order valence-electron chi connectivity index (χ4n) is 3.18. The van der Waals surface area contributed by atoms with Gasteiger partial charge in [0.15, 0.2) is 17.5 Å². The van der Waals surface area contributed by atoms with Crippen molar-refractivity contribution in [1.82, 2.24) is 10.2 Å². The zero-order chi connectivity index (χ0) is 18.9. The van der Waals surface area contributed by atoms with Gasteiger partial charge < -0.3 is 33.9 Å². The van der Waals surface area contributed by atoms with E-state index in [9.17, 15) is 0 Å². The van der Waals surface area contributed by atoms with Gasteiger partial charge in [-0.2, -0.15) is 0 Å². The second kappa shape index (κ2) is 12.2. The van der Waals surface area contributed by atoms with E-state index in [2.05, 4.69) is 15.2 Å². The first-order valence-corrected chi connectivity index (χ1v) is 9.35. The van der Waals surface area contributed by atoms with Gasteiger partial charge in [-0.1, -0.05) is 0 Å². The highest BCUT2D eigenvalue weighted by atomic mass is 127. The number of fused-ring (bicyclic) bond motifs is 1. The number of ether oxygens (including phenoxy) is 5. The van der Waals surface area contributed by atoms with Gasteiger partial charge in [-0.25, -0.2) is 0 Å². The van der Waals surface area contributed by atoms with Crippen molar-refractivity contribution >= 4 is 29.9 Å². The number of benzene rings is 1. The molecule has 0 aliphatic carbocycles. The Balaban J connectivity index is 0.00000280. The summed E-state index contributed by atoms with van der Waals surface area (Å²) in [7, 11) is 3.50. The fourth-order valence-corrected chi connectivity index (χ4v) is 3.18. The van der Waals surface area contributed by atoms with Crippen LogP contribution < -0.4 is 19.5 Å². The Morgan fingerprint density at radius 2 is 2.11 bits per heavy atom. The number of nitrogens with zero attached hydrogens (tertiary/aromatic N) is 2. The Bertz CT molecular complexity index is 632. The molecular weight excluding hydrogens is 477 g/mol. The van der Waals surface area contributed by atoms with E-state index in [-0.39, 0.29) is 30.8 Å². The van der Waals surface area contributed by atoms with Crippen LogP contribution in [0.25, 0.3) is 0 Å². The molecule has 1 N–H and O–H groups in total. The molecule has 0 amide bonds. The van der Waals surface area contributed by atoms with Crippen LogP contribution in [0.3, 0.4) is 0 Å². The van der Waals surface area contributed by atoms with Crippen molar-refractivity contribution < 1.29 is 23.7 Å². The number of hydrogen-bond donors (Lipinski definition) is 1. The lowest BCUT2D eigenvalue weighted by Crippen LogP contribution is -2.41. The molecule has 1 atom stereocenters. The number of aliphatic imine (C=N–C) groups is 1. The molecule has 1 aromatic rings. The minimum absolute atomic E-state index is 0. The maximum atomic E-state index is 5.78. The molecule has 0 aromatic heterocycles. The van der Waals surface area contributed by atoms with Crippen molar-refractivity contribution in [1.29, 1.82) is 0 Å². The van der Waals surface area contributed by atoms with Gasteiger partial charge in [-0.15, -0.1) is 24.0 Å². The maximum absolute atomic E-state index is 5.78. The Labute approximate surface area is 183 Å². The molecule has 2 aliphatic heterocycles. The van der Waals surface area contributed by atoms with Crippen LogP contribution in [-0.2, 0) is 9.47 Å². The summed E-state index contributed by atoms with van der Waals surface area (Å²) in [5.74, 6) is 3.70. The maximum Gasteiger partial charge on any atom is 0.231 e. The fraction of sp³-hybridized carbons (Fsp3) is 0.632. The normalized spacial score (nSPS) is 18.1. The molecule has 28 heavy (non-hydrogen) atoms. The topological polar surface area (TPSA) is 73.8 Å². The minimum atomic E-state index is 0. The van der Waals surface area contributed by atoms with Crippen LogP contribution >= 0.6 is 24.0 Å². The number of halogens is 1. The van der Waals surface area contributed by atoms with E-state index in [1.54, 1.807) is 7.11 Å². The molecule has 1 unspecified atom stereocenters. The van der Waals surface area contributed by atoms with Crippen molar-refractivity contribution in [2.75, 3.05) is 67.0 Å². The highest BCUT2D eigenvalue weighted by molar-refractivity contribution is 14.0. The summed E-state index contributed by atoms with van der Waals surface area (Å²) >= 11 is 0. The average molecular weight is 507 g/mol. The molecule has 1 aromatic carbocycles. The van der Waals surface area contributed by atoms with E-state index in [1.165, 1.54) is 0 Å². The first-order valence-electron chi connectivity index (χ1n) is 9.35. The number of nitrogens with one attached hydrogen (secondary N) is 1. The third kappa shape index (κ3) is 6.56. The number of likely N-dealkylation sites (tertiary alicyclic amines) is 1. The zero-order valence-electron chi connectivity index (χ0n) is 16.5. The molecule has 3 rings (SSSR count). The van der Waals surface area contributed by atoms with Gasteiger partial charge in [0.2, 0.25) is 6.79 Å². The van der Waals surface area contributed by atoms with Crippen molar-refractivity contribution in [3.05, 3.63) is 18.2 Å². The molecule has 0 radical (unpaired) electrons. The lowest BCUT2D eigenvalue weighted by Gasteiger charge is -2.21. The molecule has 2 aliphatic rings. The third-order valence-electron chi connectivity index (χ3n) is 4.58. The molecule has 9 heteroatoms. The van der Waals surface area contributed by atoms with E-state index >= 15 is 0 Å². The standard InChI is InChI=1S/C19H29N3O5.HI/c1-20-19(22-7-5-15(12-22)13-24-10-9-23-2)21-6-8-25-16-3-4-17-18(11-16)27-14-26-17;/h3-4,11,15H,5-10,12-14H2,1-2H3,(H,20,21);1H. The van der Waals surface area contributed by atoms with Gasteiger partial charge in [-0.05, 0) is 18.6 Å². The summed E-state index contributed by atoms with van der Waals surface area (Å²) in [5, 5.41) is 3.37. The minimum Gasteiger partial charge on any atom is -0.492 e. The van der Waals surface area contributed by atoms with Crippen molar-refractivity contribution in [3.8, 4) is 17.2 Å². The molecule has 0 spiro atoms. The third-order valence-corrected chi connectivity index (χ3v) is 4.58. The lowest BCUT2D eigenvalue weighted by atomic mass is 10.1. The number of methoxy groups -OCH3 is 1. The van der Waals surface area contributed by atoms with Crippen LogP contribution in [0.4, 0.5) is 0 Å². The van der Waals surface area contributed by atoms with Crippen molar-refractivity contribution in [3.63, 3.8) is 0 Å². The SMILES string of the molecule is CN=C(NCCOc1ccc2c(c1)OCO2)N1CCC(COCCOC)C1.I. The van der Waals surface area contributed by atoms with Gasteiger partial charge in [-0.3, -0.25) is 4.99 Å². The van der Waals surface area contributed by atoms with E-state index in [0.717, 1.165) is 49.3 Å². The molecular formula is C19H30IN3O5. The molecule has 1 saturated heterocycles. The van der Waals surface area contributed by atoms with Gasteiger partial charge >= 0.3 is 0 Å². The van der Waals surface area contributed by atoms with Crippen molar-refractivity contribution in [2.45, 2.75) is 6.42 Å². The van der Waals surface area contributed by atoms with Crippen LogP contribution in [0, 0.1) is 5.92 Å². The van der Waals surface area contributed by atoms with Crippen LogP contribution in [0.15, 0.2) is 23.2 Å². The van der Waals surface area contributed by atoms with E-state index < -0.39 is 0 Å². The average Bonchev–Trinajstić information content (AvgIpc) is 3.34. The monoisotopic (exact) mass is 507 g/mol. The van der Waals surface area contributed by atoms with E-state index in [1.807, 2.05) is 25.2 Å². The molecule has 158 valence electrons. The Hall–Kier alpha value is -1.46. The second-order valence-electron chi connectivity index (χ2n) is 6.51. The predicted octanol–water partition coefficient (Wildman–Crippen LogP) is 1.97. The lowest BCUT2D eigenvalue weighted by molar-refractivity contribution is 0.0536. The Kier molecular flexibility index (Phi) is 9.93. The van der Waals surface area contributed by atoms with E-state index in [0.29, 0.717) is 32.3 Å². The van der Waals surface area contributed by atoms with Crippen molar-refractivity contribution in [2.24, 2.45) is 10.9 Å². The number of guanidine groups is 1. The van der Waals surface area contributed by atoms with Crippen LogP contribution in [0.1, 0.15) is 6.42 Å². The number of rotatable bonds is 9. The highest BCUT2D eigenvalue weighted by Crippen LogP contribution is 2.34. The summed E-state index contributed by atoms with van der Waals surface area (Å²) in [6.07, 6.45) is 1.11. The molecule has 2 heterocycles. The second-order valence-corrected chi connectivity index (χ2v) is 6.51. The Morgan fingerprint density at radius 1 is 1.25 bits per heavy atom. The van der Waals surface area contributed by atoms with E-state index in [4.69, 9.17) is 23.7 Å². The molecule has 1 fully saturated rings. The molecule has 0 saturated carbocycles. The Morgan fingerprint density at radius 3 is 2.93 bits per heavy atom. The number of hydrogen-bond acceptors (Lipinski definition) is 6. The molecule has 8 nitrogen and oxygen atoms in total. The van der Waals surface area contributed by atoms with Crippen LogP contribution in [0.5, 0.6) is 17.2 Å². The van der Waals surface area contributed by atoms with Gasteiger partial charge in [0.25, 0.3) is 0 Å². The molecule has 0 bridgehead atoms. The summed E-state index contributed by atoms with van der Waals surface area (Å²) in [5.41, 5.74) is 0.